The molecule has 5 atom stereocenters. The number of alkyl halides is 1. The largest absolute Gasteiger partial charge is 0.507 e. The van der Waals surface area contributed by atoms with Crippen molar-refractivity contribution in [1.29, 1.82) is 0 Å². The van der Waals surface area contributed by atoms with Crippen LogP contribution < -0.4 is 10.2 Å². The van der Waals surface area contributed by atoms with Crippen LogP contribution >= 0.6 is 0 Å². The molecule has 33 heavy (non-hydrogen) atoms. The fourth-order valence-corrected chi connectivity index (χ4v) is 6.00. The highest BCUT2D eigenvalue weighted by Crippen LogP contribution is 2.45. The summed E-state index contributed by atoms with van der Waals surface area (Å²) in [4.78, 5) is 10.3. The molecule has 2 bridgehead atoms. The molecular weight excluding hydrogens is 421 g/mol. The lowest BCUT2D eigenvalue weighted by Crippen LogP contribution is -2.73. The number of phenolic OH excluding ortho intramolecular Hbond substituents is 1. The minimum Gasteiger partial charge on any atom is -0.507 e. The molecule has 3 aromatic rings. The zero-order valence-corrected chi connectivity index (χ0v) is 19.4. The zero-order chi connectivity index (χ0) is 23.4. The Kier molecular flexibility index (Phi) is 5.12. The SMILES string of the molecule is C[C@@H]1C[C@@]2(C)C[C@H](N(C)c3cnc(-c4ccc(-n5ccnc5)cc4O)nn3)[C@@H](F)[C@@](C)(C1)N2. The van der Waals surface area contributed by atoms with Crippen LogP contribution in [0.2, 0.25) is 0 Å². The van der Waals surface area contributed by atoms with Crippen LogP contribution in [0.25, 0.3) is 17.1 Å². The number of hydrogen-bond donors (Lipinski definition) is 2. The summed E-state index contributed by atoms with van der Waals surface area (Å²) in [5.41, 5.74) is 0.583. The van der Waals surface area contributed by atoms with E-state index in [1.165, 1.54) is 0 Å². The Balaban J connectivity index is 1.38. The minimum atomic E-state index is -1.04. The highest BCUT2D eigenvalue weighted by Gasteiger charge is 2.55. The van der Waals surface area contributed by atoms with Gasteiger partial charge in [-0.1, -0.05) is 6.92 Å². The second-order valence-corrected chi connectivity index (χ2v) is 10.2. The van der Waals surface area contributed by atoms with E-state index in [1.54, 1.807) is 41.6 Å². The Morgan fingerprint density at radius 1 is 1.21 bits per heavy atom. The van der Waals surface area contributed by atoms with E-state index in [-0.39, 0.29) is 17.3 Å². The van der Waals surface area contributed by atoms with Gasteiger partial charge < -0.3 is 19.9 Å². The molecule has 8 nitrogen and oxygen atoms in total. The van der Waals surface area contributed by atoms with Gasteiger partial charge in [0, 0.05) is 36.6 Å². The lowest BCUT2D eigenvalue weighted by molar-refractivity contribution is -0.0177. The maximum atomic E-state index is 15.7. The number of benzene rings is 1. The van der Waals surface area contributed by atoms with Crippen LogP contribution in [0.1, 0.15) is 40.0 Å². The van der Waals surface area contributed by atoms with Gasteiger partial charge in [0.05, 0.1) is 29.8 Å². The summed E-state index contributed by atoms with van der Waals surface area (Å²) in [7, 11) is 1.86. The summed E-state index contributed by atoms with van der Waals surface area (Å²) in [5.74, 6) is 1.36. The van der Waals surface area contributed by atoms with E-state index in [2.05, 4.69) is 39.3 Å². The van der Waals surface area contributed by atoms with Gasteiger partial charge in [0.25, 0.3) is 0 Å². The van der Waals surface area contributed by atoms with Crippen LogP contribution in [-0.2, 0) is 0 Å². The Morgan fingerprint density at radius 3 is 2.70 bits per heavy atom. The molecular formula is C24H30FN7O. The van der Waals surface area contributed by atoms with Gasteiger partial charge in [-0.2, -0.15) is 0 Å². The van der Waals surface area contributed by atoms with Gasteiger partial charge in [0.2, 0.25) is 0 Å². The number of aromatic nitrogens is 5. The van der Waals surface area contributed by atoms with Gasteiger partial charge in [-0.25, -0.2) is 14.4 Å². The Hall–Kier alpha value is -3.07. The molecule has 0 saturated carbocycles. The fraction of sp³-hybridized carbons (Fsp3) is 0.500. The molecule has 9 heteroatoms. The highest BCUT2D eigenvalue weighted by molar-refractivity contribution is 5.66. The second kappa shape index (κ2) is 7.76. The fourth-order valence-electron chi connectivity index (χ4n) is 6.00. The predicted molar refractivity (Wildman–Crippen MR) is 124 cm³/mol. The van der Waals surface area contributed by atoms with E-state index in [0.29, 0.717) is 29.5 Å². The summed E-state index contributed by atoms with van der Waals surface area (Å²) < 4.78 is 17.5. The summed E-state index contributed by atoms with van der Waals surface area (Å²) in [6, 6.07) is 4.91. The van der Waals surface area contributed by atoms with E-state index >= 15 is 4.39 Å². The van der Waals surface area contributed by atoms with Crippen molar-refractivity contribution in [3.8, 4) is 22.8 Å². The lowest BCUT2D eigenvalue weighted by Gasteiger charge is -2.58. The number of aromatic hydroxyl groups is 1. The number of imidazole rings is 1. The first kappa shape index (κ1) is 21.8. The molecule has 2 N–H and O–H groups in total. The first-order chi connectivity index (χ1) is 15.7. The van der Waals surface area contributed by atoms with E-state index in [1.807, 2.05) is 24.9 Å². The molecule has 5 rings (SSSR count). The van der Waals surface area contributed by atoms with Crippen molar-refractivity contribution in [2.75, 3.05) is 11.9 Å². The average Bonchev–Trinajstić information content (AvgIpc) is 3.30. The van der Waals surface area contributed by atoms with Gasteiger partial charge in [-0.3, -0.25) is 0 Å². The molecule has 174 valence electrons. The van der Waals surface area contributed by atoms with Crippen LogP contribution in [0.15, 0.2) is 43.1 Å². The first-order valence-corrected chi connectivity index (χ1v) is 11.4. The smallest absolute Gasteiger partial charge is 0.185 e. The molecule has 2 aliphatic rings. The van der Waals surface area contributed by atoms with Crippen molar-refractivity contribution in [2.45, 2.75) is 63.3 Å². The molecule has 2 aromatic heterocycles. The summed E-state index contributed by atoms with van der Waals surface area (Å²) in [6.45, 7) is 6.39. The summed E-state index contributed by atoms with van der Waals surface area (Å²) >= 11 is 0. The van der Waals surface area contributed by atoms with Crippen LogP contribution in [0.5, 0.6) is 5.75 Å². The minimum absolute atomic E-state index is 0.0501. The molecule has 1 aromatic carbocycles. The van der Waals surface area contributed by atoms with Crippen molar-refractivity contribution in [2.24, 2.45) is 5.92 Å². The molecule has 0 unspecified atom stereocenters. The zero-order valence-electron chi connectivity index (χ0n) is 19.4. The number of fused-ring (bicyclic) bond motifs is 2. The predicted octanol–water partition coefficient (Wildman–Crippen LogP) is 3.51. The molecule has 2 fully saturated rings. The monoisotopic (exact) mass is 451 g/mol. The molecule has 0 aliphatic carbocycles. The van der Waals surface area contributed by atoms with Gasteiger partial charge >= 0.3 is 0 Å². The Labute approximate surface area is 192 Å². The number of rotatable bonds is 4. The number of piperidine rings is 2. The second-order valence-electron chi connectivity index (χ2n) is 10.2. The average molecular weight is 452 g/mol. The third kappa shape index (κ3) is 3.84. The highest BCUT2D eigenvalue weighted by atomic mass is 19.1. The normalized spacial score (nSPS) is 31.4. The van der Waals surface area contributed by atoms with Crippen LogP contribution in [0, 0.1) is 5.92 Å². The van der Waals surface area contributed by atoms with Gasteiger partial charge in [-0.15, -0.1) is 10.2 Å². The van der Waals surface area contributed by atoms with Crippen molar-refractivity contribution >= 4 is 5.82 Å². The van der Waals surface area contributed by atoms with E-state index in [9.17, 15) is 5.11 Å². The third-order valence-corrected chi connectivity index (χ3v) is 7.20. The number of nitrogens with one attached hydrogen (secondary N) is 1. The molecule has 2 aliphatic heterocycles. The summed E-state index contributed by atoms with van der Waals surface area (Å²) in [6.07, 6.45) is 8.21. The number of hydrogen-bond acceptors (Lipinski definition) is 7. The van der Waals surface area contributed by atoms with E-state index < -0.39 is 11.7 Å². The topological polar surface area (TPSA) is 92.0 Å². The lowest BCUT2D eigenvalue weighted by atomic mass is 9.64. The number of nitrogens with zero attached hydrogens (tertiary/aromatic N) is 6. The third-order valence-electron chi connectivity index (χ3n) is 7.20. The molecule has 0 radical (unpaired) electrons. The van der Waals surface area contributed by atoms with Gasteiger partial charge in [0.1, 0.15) is 11.9 Å². The summed E-state index contributed by atoms with van der Waals surface area (Å²) in [5, 5.41) is 22.7. The van der Waals surface area contributed by atoms with Crippen molar-refractivity contribution < 1.29 is 9.50 Å². The molecule has 4 heterocycles. The number of anilines is 1. The van der Waals surface area contributed by atoms with Crippen LogP contribution in [-0.4, -0.2) is 60.2 Å². The first-order valence-electron chi connectivity index (χ1n) is 11.4. The number of halogens is 1. The van der Waals surface area contributed by atoms with Crippen molar-refractivity contribution in [1.82, 2.24) is 30.0 Å². The van der Waals surface area contributed by atoms with Crippen LogP contribution in [0.3, 0.4) is 0 Å². The van der Waals surface area contributed by atoms with E-state index in [0.717, 1.165) is 18.5 Å². The van der Waals surface area contributed by atoms with Gasteiger partial charge in [-0.05, 0) is 51.2 Å². The number of phenols is 1. The molecule has 2 saturated heterocycles. The van der Waals surface area contributed by atoms with E-state index in [4.69, 9.17) is 0 Å². The van der Waals surface area contributed by atoms with Crippen molar-refractivity contribution in [3.05, 3.63) is 43.1 Å². The molecule has 0 spiro atoms. The van der Waals surface area contributed by atoms with Crippen LogP contribution in [0.4, 0.5) is 10.2 Å². The standard InChI is InChI=1S/C24H30FN7O/c1-15-10-23(2)12-18(21(25)24(3,11-15)30-23)31(4)20-13-27-22(29-28-20)17-6-5-16(9-19(17)33)32-8-7-26-14-32/h5-9,13-15,18,21,30,33H,10-12H2,1-4H3/t15-,18+,21-,23+,24-/m1/s1. The maximum absolute atomic E-state index is 15.7. The Bertz CT molecular complexity index is 1140. The van der Waals surface area contributed by atoms with Crippen molar-refractivity contribution in [3.63, 3.8) is 0 Å². The Morgan fingerprint density at radius 2 is 2.03 bits per heavy atom. The molecule has 0 amide bonds. The van der Waals surface area contributed by atoms with Gasteiger partial charge in [0.15, 0.2) is 11.6 Å². The maximum Gasteiger partial charge on any atom is 0.185 e. The quantitative estimate of drug-likeness (QED) is 0.627.